The zero-order chi connectivity index (χ0) is 19.8. The maximum absolute atomic E-state index is 12.9. The molecule has 0 saturated carbocycles. The van der Waals surface area contributed by atoms with Crippen LogP contribution in [0.2, 0.25) is 0 Å². The van der Waals surface area contributed by atoms with E-state index in [2.05, 4.69) is 15.1 Å². The smallest absolute Gasteiger partial charge is 0.386 e. The van der Waals surface area contributed by atoms with E-state index in [0.29, 0.717) is 38.1 Å². The van der Waals surface area contributed by atoms with Gasteiger partial charge in [0.1, 0.15) is 23.6 Å². The van der Waals surface area contributed by atoms with Crippen LogP contribution in [0.5, 0.6) is 0 Å². The molecule has 1 amide bonds. The Labute approximate surface area is 155 Å². The van der Waals surface area contributed by atoms with Gasteiger partial charge in [-0.2, -0.15) is 13.2 Å². The van der Waals surface area contributed by atoms with Crippen molar-refractivity contribution >= 4 is 17.4 Å². The Bertz CT molecular complexity index is 752. The Morgan fingerprint density at radius 2 is 2.11 bits per heavy atom. The molecule has 3 rings (SSSR count). The summed E-state index contributed by atoms with van der Waals surface area (Å²) in [6.07, 6.45) is -1.91. The first-order valence-corrected chi connectivity index (χ1v) is 8.78. The molecule has 0 unspecified atom stereocenters. The van der Waals surface area contributed by atoms with Crippen LogP contribution in [0.25, 0.3) is 0 Å². The van der Waals surface area contributed by atoms with Crippen LogP contribution >= 0.6 is 0 Å². The third-order valence-electron chi connectivity index (χ3n) is 4.99. The number of nitrogens with zero attached hydrogens (tertiary/aromatic N) is 5. The summed E-state index contributed by atoms with van der Waals surface area (Å²) < 4.78 is 38.7. The lowest BCUT2D eigenvalue weighted by Gasteiger charge is -2.38. The lowest BCUT2D eigenvalue weighted by molar-refractivity contribution is -0.141. The first-order chi connectivity index (χ1) is 12.6. The second-order valence-corrected chi connectivity index (χ2v) is 7.28. The van der Waals surface area contributed by atoms with E-state index >= 15 is 0 Å². The van der Waals surface area contributed by atoms with Gasteiger partial charge in [-0.25, -0.2) is 9.97 Å². The number of carbonyl (C=O) groups excluding carboxylic acids is 1. The highest BCUT2D eigenvalue weighted by molar-refractivity contribution is 6.39. The predicted octanol–water partition coefficient (Wildman–Crippen LogP) is 2.48. The van der Waals surface area contributed by atoms with E-state index in [-0.39, 0.29) is 17.8 Å². The molecule has 148 valence electrons. The molecule has 0 aliphatic carbocycles. The molecule has 7 nitrogen and oxygen atoms in total. The molecule has 3 heterocycles. The molecule has 0 N–H and O–H groups in total. The monoisotopic (exact) mass is 385 g/mol. The summed E-state index contributed by atoms with van der Waals surface area (Å²) in [6, 6.07) is 0.967. The number of hydrogen-bond acceptors (Lipinski definition) is 6. The number of alkyl halides is 3. The molecule has 1 spiro atoms. The topological polar surface area (TPSA) is 70.9 Å². The maximum atomic E-state index is 12.9. The third kappa shape index (κ3) is 3.98. The Morgan fingerprint density at radius 3 is 2.78 bits per heavy atom. The Hall–Kier alpha value is -2.39. The van der Waals surface area contributed by atoms with Crippen LogP contribution in [0.4, 0.5) is 19.0 Å². The largest absolute Gasteiger partial charge is 0.433 e. The molecule has 1 aromatic rings. The van der Waals surface area contributed by atoms with Crippen molar-refractivity contribution in [3.63, 3.8) is 0 Å². The van der Waals surface area contributed by atoms with Gasteiger partial charge >= 0.3 is 6.18 Å². The van der Waals surface area contributed by atoms with Crippen molar-refractivity contribution in [1.29, 1.82) is 0 Å². The molecule has 0 bridgehead atoms. The highest BCUT2D eigenvalue weighted by Gasteiger charge is 2.45. The van der Waals surface area contributed by atoms with E-state index in [9.17, 15) is 18.0 Å². The van der Waals surface area contributed by atoms with E-state index < -0.39 is 17.5 Å². The number of piperidine rings is 1. The van der Waals surface area contributed by atoms with Crippen LogP contribution in [-0.2, 0) is 15.8 Å². The van der Waals surface area contributed by atoms with Gasteiger partial charge in [0.2, 0.25) is 0 Å². The van der Waals surface area contributed by atoms with Crippen LogP contribution in [0, 0.1) is 0 Å². The van der Waals surface area contributed by atoms with E-state index in [0.717, 1.165) is 12.4 Å². The number of halogens is 3. The number of anilines is 1. The first kappa shape index (κ1) is 19.4. The number of amides is 1. The Morgan fingerprint density at radius 1 is 1.37 bits per heavy atom. The molecule has 1 saturated heterocycles. The fourth-order valence-electron chi connectivity index (χ4n) is 3.26. The number of aromatic nitrogens is 2. The van der Waals surface area contributed by atoms with Crippen LogP contribution < -0.4 is 4.90 Å². The maximum Gasteiger partial charge on any atom is 0.433 e. The summed E-state index contributed by atoms with van der Waals surface area (Å²) in [6.45, 7) is 4.67. The van der Waals surface area contributed by atoms with Crippen LogP contribution in [0.15, 0.2) is 17.5 Å². The van der Waals surface area contributed by atoms with Crippen molar-refractivity contribution in [2.45, 2.75) is 50.9 Å². The number of rotatable bonds is 3. The van der Waals surface area contributed by atoms with E-state index in [1.54, 1.807) is 16.8 Å². The second kappa shape index (κ2) is 6.97. The van der Waals surface area contributed by atoms with Crippen LogP contribution in [0.1, 0.15) is 38.8 Å². The Balaban J connectivity index is 1.73. The lowest BCUT2D eigenvalue weighted by Crippen LogP contribution is -2.49. The molecular weight excluding hydrogens is 363 g/mol. The molecule has 2 aliphatic rings. The SMILES string of the molecule is CC(C)N(C)C(=O)C1=NO[C@@]2(CCCN(c3cc(C(F)(F)F)ncn3)C2)C1. The second-order valence-electron chi connectivity index (χ2n) is 7.28. The molecule has 0 radical (unpaired) electrons. The molecule has 1 aromatic heterocycles. The molecule has 27 heavy (non-hydrogen) atoms. The van der Waals surface area contributed by atoms with Crippen molar-refractivity contribution in [3.8, 4) is 0 Å². The van der Waals surface area contributed by atoms with Crippen molar-refractivity contribution in [2.75, 3.05) is 25.0 Å². The minimum atomic E-state index is -4.53. The molecule has 0 aromatic carbocycles. The predicted molar refractivity (Wildman–Crippen MR) is 92.3 cm³/mol. The molecule has 2 aliphatic heterocycles. The van der Waals surface area contributed by atoms with Gasteiger partial charge in [-0.3, -0.25) is 4.79 Å². The average Bonchev–Trinajstić information content (AvgIpc) is 3.03. The van der Waals surface area contributed by atoms with Gasteiger partial charge in [0.25, 0.3) is 5.91 Å². The van der Waals surface area contributed by atoms with Gasteiger partial charge in [0.05, 0.1) is 6.54 Å². The molecule has 10 heteroatoms. The summed E-state index contributed by atoms with van der Waals surface area (Å²) in [5.74, 6) is -0.000493. The summed E-state index contributed by atoms with van der Waals surface area (Å²) in [4.78, 5) is 28.7. The fraction of sp³-hybridized carbons (Fsp3) is 0.647. The molecule has 1 fully saturated rings. The van der Waals surface area contributed by atoms with Crippen molar-refractivity contribution < 1.29 is 22.8 Å². The van der Waals surface area contributed by atoms with Gasteiger partial charge in [0.15, 0.2) is 5.60 Å². The highest BCUT2D eigenvalue weighted by atomic mass is 19.4. The molecule has 1 atom stereocenters. The van der Waals surface area contributed by atoms with Crippen LogP contribution in [-0.4, -0.2) is 58.3 Å². The highest BCUT2D eigenvalue weighted by Crippen LogP contribution is 2.36. The normalized spacial score (nSPS) is 22.8. The van der Waals surface area contributed by atoms with Gasteiger partial charge in [-0.05, 0) is 26.7 Å². The van der Waals surface area contributed by atoms with E-state index in [4.69, 9.17) is 4.84 Å². The van der Waals surface area contributed by atoms with Crippen LogP contribution in [0.3, 0.4) is 0 Å². The number of hydrogen-bond donors (Lipinski definition) is 0. The Kier molecular flexibility index (Phi) is 5.00. The van der Waals surface area contributed by atoms with E-state index in [1.165, 1.54) is 0 Å². The zero-order valence-corrected chi connectivity index (χ0v) is 15.5. The minimum absolute atomic E-state index is 0.0291. The summed E-state index contributed by atoms with van der Waals surface area (Å²) >= 11 is 0. The van der Waals surface area contributed by atoms with Crippen molar-refractivity contribution in [1.82, 2.24) is 14.9 Å². The first-order valence-electron chi connectivity index (χ1n) is 8.78. The zero-order valence-electron chi connectivity index (χ0n) is 15.5. The number of carbonyl (C=O) groups is 1. The van der Waals surface area contributed by atoms with Crippen molar-refractivity contribution in [2.24, 2.45) is 5.16 Å². The molecular formula is C17H22F3N5O2. The summed E-state index contributed by atoms with van der Waals surface area (Å²) in [5.41, 5.74) is -1.36. The van der Waals surface area contributed by atoms with Gasteiger partial charge in [0, 0.05) is 32.1 Å². The minimum Gasteiger partial charge on any atom is -0.386 e. The third-order valence-corrected chi connectivity index (χ3v) is 4.99. The fourth-order valence-corrected chi connectivity index (χ4v) is 3.26. The van der Waals surface area contributed by atoms with Gasteiger partial charge in [-0.1, -0.05) is 5.16 Å². The van der Waals surface area contributed by atoms with Crippen molar-refractivity contribution in [3.05, 3.63) is 18.1 Å². The summed E-state index contributed by atoms with van der Waals surface area (Å²) in [7, 11) is 1.70. The van der Waals surface area contributed by atoms with Gasteiger partial charge in [-0.15, -0.1) is 0 Å². The summed E-state index contributed by atoms with van der Waals surface area (Å²) in [5, 5.41) is 3.99. The van der Waals surface area contributed by atoms with Gasteiger partial charge < -0.3 is 14.6 Å². The quantitative estimate of drug-likeness (QED) is 0.800. The average molecular weight is 385 g/mol. The lowest BCUT2D eigenvalue weighted by atomic mass is 9.88. The van der Waals surface area contributed by atoms with E-state index in [1.807, 2.05) is 13.8 Å². The number of oxime groups is 1. The standard InChI is InChI=1S/C17H22F3N5O2/c1-11(2)24(3)15(26)12-8-16(27-23-12)5-4-6-25(9-16)14-7-13(17(18,19)20)21-10-22-14/h7,10-11H,4-6,8-9H2,1-3H3/t16-/m0/s1.